The van der Waals surface area contributed by atoms with Crippen molar-refractivity contribution in [1.82, 2.24) is 0 Å². The van der Waals surface area contributed by atoms with Crippen LogP contribution < -0.4 is 0 Å². The molecule has 0 saturated heterocycles. The normalized spacial score (nSPS) is 26.1. The molecule has 4 heteroatoms. The molecule has 0 aromatic carbocycles. The second-order valence-electron chi connectivity index (χ2n) is 5.82. The predicted molar refractivity (Wildman–Crippen MR) is 69.7 cm³/mol. The van der Waals surface area contributed by atoms with Gasteiger partial charge in [-0.2, -0.15) is 0 Å². The van der Waals surface area contributed by atoms with E-state index in [2.05, 4.69) is 0 Å². The van der Waals surface area contributed by atoms with Crippen molar-refractivity contribution >= 4 is 15.6 Å². The van der Waals surface area contributed by atoms with Gasteiger partial charge in [0.1, 0.15) is 15.6 Å². The first-order valence-electron chi connectivity index (χ1n) is 6.49. The highest BCUT2D eigenvalue weighted by atomic mass is 32.2. The molecule has 17 heavy (non-hydrogen) atoms. The van der Waals surface area contributed by atoms with E-state index in [-0.39, 0.29) is 11.2 Å². The van der Waals surface area contributed by atoms with Crippen LogP contribution in [0.2, 0.25) is 0 Å². The van der Waals surface area contributed by atoms with E-state index in [1.165, 1.54) is 6.26 Å². The van der Waals surface area contributed by atoms with Crippen LogP contribution in [0.25, 0.3) is 0 Å². The molecule has 0 N–H and O–H groups in total. The summed E-state index contributed by atoms with van der Waals surface area (Å²) in [5.74, 6) is 0.977. The van der Waals surface area contributed by atoms with E-state index in [1.807, 2.05) is 13.8 Å². The standard InChI is InChI=1S/C13H24O3S/c1-10(2)7-12(14)8-11-5-4-6-13(9-11)17(3,15)16/h10-11,13H,4-9H2,1-3H3. The van der Waals surface area contributed by atoms with E-state index < -0.39 is 9.84 Å². The summed E-state index contributed by atoms with van der Waals surface area (Å²) in [6.07, 6.45) is 5.92. The van der Waals surface area contributed by atoms with Crippen molar-refractivity contribution in [2.24, 2.45) is 11.8 Å². The predicted octanol–water partition coefficient (Wildman–Crippen LogP) is 2.60. The number of rotatable bonds is 5. The van der Waals surface area contributed by atoms with Crippen LogP contribution in [0.15, 0.2) is 0 Å². The molecule has 1 aliphatic rings. The summed E-state index contributed by atoms with van der Waals surface area (Å²) in [5.41, 5.74) is 0. The summed E-state index contributed by atoms with van der Waals surface area (Å²) >= 11 is 0. The third-order valence-electron chi connectivity index (χ3n) is 3.49. The molecule has 2 unspecified atom stereocenters. The van der Waals surface area contributed by atoms with Crippen LogP contribution in [0.3, 0.4) is 0 Å². The van der Waals surface area contributed by atoms with Crippen LogP contribution in [-0.2, 0) is 14.6 Å². The maximum Gasteiger partial charge on any atom is 0.150 e. The van der Waals surface area contributed by atoms with Crippen molar-refractivity contribution in [1.29, 1.82) is 0 Å². The monoisotopic (exact) mass is 260 g/mol. The summed E-state index contributed by atoms with van der Waals surface area (Å²) in [5, 5.41) is -0.215. The number of carbonyl (C=O) groups excluding carboxylic acids is 1. The Labute approximate surface area is 105 Å². The summed E-state index contributed by atoms with van der Waals surface area (Å²) in [6, 6.07) is 0. The molecular formula is C13H24O3S. The Morgan fingerprint density at radius 2 is 1.94 bits per heavy atom. The number of hydrogen-bond donors (Lipinski definition) is 0. The molecule has 1 saturated carbocycles. The van der Waals surface area contributed by atoms with Gasteiger partial charge in [0.2, 0.25) is 0 Å². The fourth-order valence-electron chi connectivity index (χ4n) is 2.68. The lowest BCUT2D eigenvalue weighted by atomic mass is 9.84. The minimum absolute atomic E-state index is 0.215. The van der Waals surface area contributed by atoms with Crippen LogP contribution in [0.1, 0.15) is 52.4 Å². The minimum Gasteiger partial charge on any atom is -0.300 e. The van der Waals surface area contributed by atoms with Crippen LogP contribution in [0, 0.1) is 11.8 Å². The molecule has 0 heterocycles. The highest BCUT2D eigenvalue weighted by Gasteiger charge is 2.29. The maximum atomic E-state index is 11.7. The molecule has 0 aromatic heterocycles. The van der Waals surface area contributed by atoms with Crippen molar-refractivity contribution in [3.63, 3.8) is 0 Å². The first kappa shape index (κ1) is 14.7. The van der Waals surface area contributed by atoms with Crippen molar-refractivity contribution in [3.05, 3.63) is 0 Å². The van der Waals surface area contributed by atoms with Crippen molar-refractivity contribution in [2.75, 3.05) is 6.26 Å². The van der Waals surface area contributed by atoms with Crippen molar-refractivity contribution in [3.8, 4) is 0 Å². The summed E-state index contributed by atoms with van der Waals surface area (Å²) in [7, 11) is -2.93. The van der Waals surface area contributed by atoms with Crippen LogP contribution in [0.5, 0.6) is 0 Å². The van der Waals surface area contributed by atoms with E-state index in [9.17, 15) is 13.2 Å². The fourth-order valence-corrected chi connectivity index (χ4v) is 3.89. The van der Waals surface area contributed by atoms with E-state index in [0.717, 1.165) is 19.3 Å². The minimum atomic E-state index is -2.93. The smallest absolute Gasteiger partial charge is 0.150 e. The topological polar surface area (TPSA) is 51.2 Å². The molecule has 1 fully saturated rings. The molecule has 1 rings (SSSR count). The van der Waals surface area contributed by atoms with Gasteiger partial charge in [-0.15, -0.1) is 0 Å². The number of Topliss-reactive ketones (excluding diaryl/α,β-unsaturated/α-hetero) is 1. The lowest BCUT2D eigenvalue weighted by molar-refractivity contribution is -0.120. The van der Waals surface area contributed by atoms with Crippen LogP contribution >= 0.6 is 0 Å². The molecule has 0 amide bonds. The quantitative estimate of drug-likeness (QED) is 0.763. The maximum absolute atomic E-state index is 11.7. The average Bonchev–Trinajstić information content (AvgIpc) is 2.15. The molecule has 0 aromatic rings. The Balaban J connectivity index is 2.48. The van der Waals surface area contributed by atoms with Gasteiger partial charge in [-0.1, -0.05) is 20.3 Å². The van der Waals surface area contributed by atoms with E-state index >= 15 is 0 Å². The Bertz CT molecular complexity index is 357. The molecular weight excluding hydrogens is 236 g/mol. The van der Waals surface area contributed by atoms with Crippen LogP contribution in [0.4, 0.5) is 0 Å². The van der Waals surface area contributed by atoms with Gasteiger partial charge in [-0.05, 0) is 31.1 Å². The number of ketones is 1. The lowest BCUT2D eigenvalue weighted by Crippen LogP contribution is -2.28. The van der Waals surface area contributed by atoms with Crippen molar-refractivity contribution in [2.45, 2.75) is 57.6 Å². The molecule has 0 spiro atoms. The Kier molecular flexibility index (Phi) is 5.17. The van der Waals surface area contributed by atoms with Gasteiger partial charge in [0, 0.05) is 19.1 Å². The molecule has 0 aliphatic heterocycles. The van der Waals surface area contributed by atoms with E-state index in [1.54, 1.807) is 0 Å². The number of carbonyl (C=O) groups is 1. The SMILES string of the molecule is CC(C)CC(=O)CC1CCCC(S(C)(=O)=O)C1. The molecule has 0 bridgehead atoms. The molecule has 0 radical (unpaired) electrons. The molecule has 1 aliphatic carbocycles. The Hall–Kier alpha value is -0.380. The zero-order valence-electron chi connectivity index (χ0n) is 11.1. The summed E-state index contributed by atoms with van der Waals surface area (Å²) in [4.78, 5) is 11.7. The van der Waals surface area contributed by atoms with E-state index in [0.29, 0.717) is 31.0 Å². The van der Waals surface area contributed by atoms with Gasteiger partial charge in [-0.25, -0.2) is 8.42 Å². The average molecular weight is 260 g/mol. The zero-order valence-corrected chi connectivity index (χ0v) is 11.9. The first-order valence-corrected chi connectivity index (χ1v) is 8.45. The largest absolute Gasteiger partial charge is 0.300 e. The third kappa shape index (κ3) is 5.19. The third-order valence-corrected chi connectivity index (χ3v) is 5.13. The van der Waals surface area contributed by atoms with Gasteiger partial charge >= 0.3 is 0 Å². The zero-order chi connectivity index (χ0) is 13.1. The fraction of sp³-hybridized carbons (Fsp3) is 0.923. The summed E-state index contributed by atoms with van der Waals surface area (Å²) < 4.78 is 23.0. The highest BCUT2D eigenvalue weighted by Crippen LogP contribution is 2.31. The molecule has 100 valence electrons. The summed E-state index contributed by atoms with van der Waals surface area (Å²) in [6.45, 7) is 4.08. The van der Waals surface area contributed by atoms with Gasteiger partial charge in [-0.3, -0.25) is 4.79 Å². The Morgan fingerprint density at radius 3 is 2.47 bits per heavy atom. The second kappa shape index (κ2) is 5.98. The van der Waals surface area contributed by atoms with Crippen LogP contribution in [-0.4, -0.2) is 25.7 Å². The van der Waals surface area contributed by atoms with Gasteiger partial charge in [0.25, 0.3) is 0 Å². The van der Waals surface area contributed by atoms with E-state index in [4.69, 9.17) is 0 Å². The molecule has 2 atom stereocenters. The highest BCUT2D eigenvalue weighted by molar-refractivity contribution is 7.91. The lowest BCUT2D eigenvalue weighted by Gasteiger charge is -2.27. The number of sulfone groups is 1. The number of hydrogen-bond acceptors (Lipinski definition) is 3. The van der Waals surface area contributed by atoms with Gasteiger partial charge < -0.3 is 0 Å². The first-order chi connectivity index (χ1) is 7.79. The molecule has 3 nitrogen and oxygen atoms in total. The van der Waals surface area contributed by atoms with Gasteiger partial charge in [0.05, 0.1) is 5.25 Å². The second-order valence-corrected chi connectivity index (χ2v) is 8.15. The van der Waals surface area contributed by atoms with Crippen molar-refractivity contribution < 1.29 is 13.2 Å². The Morgan fingerprint density at radius 1 is 1.29 bits per heavy atom. The van der Waals surface area contributed by atoms with Gasteiger partial charge in [0.15, 0.2) is 0 Å².